The van der Waals surface area contributed by atoms with Crippen LogP contribution in [0.4, 0.5) is 0 Å². The topological polar surface area (TPSA) is 68.3 Å². The van der Waals surface area contributed by atoms with Gasteiger partial charge in [-0.15, -0.1) is 5.98 Å². The summed E-state index contributed by atoms with van der Waals surface area (Å²) in [4.78, 5) is 3.94. The van der Waals surface area contributed by atoms with E-state index in [1.54, 1.807) is 0 Å². The largest absolute Gasteiger partial charge is 0.282 e. The maximum Gasteiger partial charge on any atom is 0.236 e. The molecule has 5 heteroatoms. The first kappa shape index (κ1) is 6.21. The summed E-state index contributed by atoms with van der Waals surface area (Å²) in [6.45, 7) is 0. The third-order valence-electron chi connectivity index (χ3n) is 1.60. The molecular weight excluding hydrogens is 139 g/mol. The summed E-state index contributed by atoms with van der Waals surface area (Å²) in [5.74, 6) is 2.82. The fourth-order valence-corrected chi connectivity index (χ4v) is 1.06. The highest BCUT2D eigenvalue weighted by Crippen LogP contribution is 2.09. The first-order valence-corrected chi connectivity index (χ1v) is 3.41. The van der Waals surface area contributed by atoms with E-state index in [2.05, 4.69) is 21.2 Å². The van der Waals surface area contributed by atoms with E-state index in [0.717, 1.165) is 18.6 Å². The van der Waals surface area contributed by atoms with E-state index >= 15 is 0 Å². The Labute approximate surface area is 63.8 Å². The lowest BCUT2D eigenvalue weighted by Crippen LogP contribution is -2.02. The lowest BCUT2D eigenvalue weighted by Gasteiger charge is -1.90. The monoisotopic (exact) mass is 146 g/mol. The van der Waals surface area contributed by atoms with Crippen LogP contribution in [0.2, 0.25) is 0 Å². The van der Waals surface area contributed by atoms with E-state index in [1.807, 2.05) is 12.2 Å². The second-order valence-corrected chi connectivity index (χ2v) is 2.38. The lowest BCUT2D eigenvalue weighted by atomic mass is 9.73. The molecule has 0 fully saturated rings. The van der Waals surface area contributed by atoms with Crippen molar-refractivity contribution in [1.82, 2.24) is 15.2 Å². The van der Waals surface area contributed by atoms with Crippen LogP contribution in [0.3, 0.4) is 0 Å². The van der Waals surface area contributed by atoms with E-state index in [9.17, 15) is 0 Å². The van der Waals surface area contributed by atoms with E-state index in [-0.39, 0.29) is 5.62 Å². The van der Waals surface area contributed by atoms with Gasteiger partial charge in [0, 0.05) is 0 Å². The molecule has 0 aromatic carbocycles. The number of allylic oxidation sites excluding steroid dienone is 2. The smallest absolute Gasteiger partial charge is 0.236 e. The van der Waals surface area contributed by atoms with Gasteiger partial charge in [0.25, 0.3) is 0 Å². The Bertz CT molecular complexity index is 370. The van der Waals surface area contributed by atoms with Crippen LogP contribution in [0.25, 0.3) is 5.47 Å². The van der Waals surface area contributed by atoms with E-state index in [0.29, 0.717) is 0 Å². The molecule has 3 N–H and O–H groups in total. The van der Waals surface area contributed by atoms with Crippen LogP contribution in [-0.2, 0) is 0 Å². The molecule has 0 saturated carbocycles. The molecule has 2 heterocycles. The van der Waals surface area contributed by atoms with Gasteiger partial charge < -0.3 is 0 Å². The number of nitrogens with zero attached hydrogens (tertiary/aromatic N) is 1. The highest BCUT2D eigenvalue weighted by molar-refractivity contribution is 6.66. The Morgan fingerprint density at radius 3 is 2.91 bits per heavy atom. The molecule has 0 unspecified atom stereocenters. The molecule has 1 aliphatic heterocycles. The molecule has 0 saturated heterocycles. The van der Waals surface area contributed by atoms with Crippen LogP contribution in [0.1, 0.15) is 5.82 Å². The number of hydrogen-bond acceptors (Lipinski definition) is 2. The van der Waals surface area contributed by atoms with Crippen molar-refractivity contribution < 1.29 is 0 Å². The summed E-state index contributed by atoms with van der Waals surface area (Å²) in [5, 5.41) is 12.6. The van der Waals surface area contributed by atoms with Crippen molar-refractivity contribution in [3.8, 4) is 0 Å². The van der Waals surface area contributed by atoms with Gasteiger partial charge in [-0.2, -0.15) is 4.98 Å². The van der Waals surface area contributed by atoms with E-state index in [4.69, 9.17) is 5.41 Å². The predicted molar refractivity (Wildman–Crippen MR) is 43.1 cm³/mol. The predicted octanol–water partition coefficient (Wildman–Crippen LogP) is -0.478. The second kappa shape index (κ2) is 2.27. The molecule has 0 aliphatic carbocycles. The summed E-state index contributed by atoms with van der Waals surface area (Å²) in [6, 6.07) is 0. The lowest BCUT2D eigenvalue weighted by molar-refractivity contribution is 0.973. The Hall–Kier alpha value is -1.52. The van der Waals surface area contributed by atoms with Crippen molar-refractivity contribution in [2.75, 3.05) is 0 Å². The van der Waals surface area contributed by atoms with Gasteiger partial charge in [0.05, 0.1) is 0 Å². The fourth-order valence-electron chi connectivity index (χ4n) is 1.06. The average molecular weight is 146 g/mol. The van der Waals surface area contributed by atoms with Crippen molar-refractivity contribution in [3.63, 3.8) is 0 Å². The maximum absolute atomic E-state index is 7.13. The van der Waals surface area contributed by atoms with Crippen molar-refractivity contribution in [1.29, 1.82) is 5.41 Å². The molecule has 4 nitrogen and oxygen atoms in total. The zero-order valence-corrected chi connectivity index (χ0v) is 5.89. The average Bonchev–Trinajstić information content (AvgIpc) is 2.55. The molecular formula is C6H7BN4. The first-order valence-electron chi connectivity index (χ1n) is 3.41. The number of aromatic nitrogens is 3. The number of aromatic amines is 2. The van der Waals surface area contributed by atoms with Gasteiger partial charge in [-0.3, -0.25) is 15.6 Å². The Balaban J connectivity index is 2.37. The Kier molecular flexibility index (Phi) is 1.28. The van der Waals surface area contributed by atoms with Gasteiger partial charge in [0.15, 0.2) is 7.28 Å². The molecule has 2 rings (SSSR count). The van der Waals surface area contributed by atoms with Crippen molar-refractivity contribution in [2.45, 2.75) is 0 Å². The van der Waals surface area contributed by atoms with Crippen molar-refractivity contribution in [3.05, 3.63) is 29.6 Å². The van der Waals surface area contributed by atoms with Crippen LogP contribution >= 0.6 is 0 Å². The summed E-state index contributed by atoms with van der Waals surface area (Å²) in [6.07, 6.45) is 3.98. The molecule has 0 bridgehead atoms. The van der Waals surface area contributed by atoms with E-state index < -0.39 is 0 Å². The summed E-state index contributed by atoms with van der Waals surface area (Å²) >= 11 is 0. The molecule has 54 valence electrons. The van der Waals surface area contributed by atoms with Gasteiger partial charge in [-0.05, 0) is 5.47 Å². The Morgan fingerprint density at radius 1 is 1.45 bits per heavy atom. The SMILES string of the molecule is N=c1nc(C2=CC=CB2)[nH][nH]1. The van der Waals surface area contributed by atoms with Crippen LogP contribution in [0.5, 0.6) is 0 Å². The molecule has 0 amide bonds. The van der Waals surface area contributed by atoms with Crippen LogP contribution in [0, 0.1) is 5.41 Å². The second-order valence-electron chi connectivity index (χ2n) is 2.38. The van der Waals surface area contributed by atoms with Gasteiger partial charge in [0.2, 0.25) is 5.62 Å². The number of H-pyrrole nitrogens is 2. The minimum Gasteiger partial charge on any atom is -0.282 e. The molecule has 0 radical (unpaired) electrons. The zero-order valence-electron chi connectivity index (χ0n) is 5.89. The zero-order chi connectivity index (χ0) is 7.68. The highest BCUT2D eigenvalue weighted by Gasteiger charge is 2.06. The minimum atomic E-state index is 0.174. The third-order valence-corrected chi connectivity index (χ3v) is 1.60. The first-order chi connectivity index (χ1) is 5.36. The number of nitrogens with one attached hydrogen (secondary N) is 3. The van der Waals surface area contributed by atoms with Crippen molar-refractivity contribution >= 4 is 12.8 Å². The molecule has 1 aromatic rings. The molecule has 1 aromatic heterocycles. The highest BCUT2D eigenvalue weighted by atomic mass is 15.2. The van der Waals surface area contributed by atoms with Crippen LogP contribution < -0.4 is 5.62 Å². The molecule has 1 aliphatic rings. The summed E-state index contributed by atoms with van der Waals surface area (Å²) < 4.78 is 0. The maximum atomic E-state index is 7.13. The van der Waals surface area contributed by atoms with Crippen LogP contribution in [0.15, 0.2) is 18.1 Å². The third kappa shape index (κ3) is 1.04. The quantitative estimate of drug-likeness (QED) is 0.460. The standard InChI is InChI=1S/C6H7BN4/c8-6-9-5(10-11-6)4-2-1-3-7-4/h1-3,7H,(H3,8,9,10,11). The number of rotatable bonds is 1. The Morgan fingerprint density at radius 2 is 2.36 bits per heavy atom. The van der Waals surface area contributed by atoms with E-state index in [1.165, 1.54) is 0 Å². The van der Waals surface area contributed by atoms with Gasteiger partial charge in [0.1, 0.15) is 5.82 Å². The summed E-state index contributed by atoms with van der Waals surface area (Å²) in [7, 11) is 0.904. The molecule has 0 atom stereocenters. The normalized spacial score (nSPS) is 14.7. The minimum absolute atomic E-state index is 0.174. The fraction of sp³-hybridized carbons (Fsp3) is 0. The van der Waals surface area contributed by atoms with Gasteiger partial charge in [-0.25, -0.2) is 0 Å². The molecule has 11 heavy (non-hydrogen) atoms. The van der Waals surface area contributed by atoms with Gasteiger partial charge >= 0.3 is 0 Å². The number of hydrogen-bond donors (Lipinski definition) is 3. The van der Waals surface area contributed by atoms with Crippen LogP contribution in [-0.4, -0.2) is 22.5 Å². The van der Waals surface area contributed by atoms with Gasteiger partial charge in [-0.1, -0.05) is 12.2 Å². The molecule has 0 spiro atoms. The summed E-state index contributed by atoms with van der Waals surface area (Å²) in [5.41, 5.74) is 1.30. The van der Waals surface area contributed by atoms with Crippen molar-refractivity contribution in [2.24, 2.45) is 0 Å².